The Balaban J connectivity index is 2.36. The first-order valence-corrected chi connectivity index (χ1v) is 9.46. The van der Waals surface area contributed by atoms with Crippen LogP contribution in [-0.2, 0) is 19.9 Å². The van der Waals surface area contributed by atoms with Crippen molar-refractivity contribution in [2.45, 2.75) is 25.8 Å². The fourth-order valence-electron chi connectivity index (χ4n) is 2.38. The largest absolute Gasteiger partial charge is 0.313 e. The molecule has 1 N–H and O–H groups in total. The van der Waals surface area contributed by atoms with Crippen LogP contribution in [0.2, 0.25) is 0 Å². The first kappa shape index (κ1) is 17.4. The molecule has 0 radical (unpaired) electrons. The van der Waals surface area contributed by atoms with Gasteiger partial charge >= 0.3 is 0 Å². The van der Waals surface area contributed by atoms with Crippen LogP contribution in [-0.4, -0.2) is 16.8 Å². The second kappa shape index (κ2) is 7.57. The van der Waals surface area contributed by atoms with Gasteiger partial charge in [0.15, 0.2) is 0 Å². The van der Waals surface area contributed by atoms with Gasteiger partial charge in [-0.1, -0.05) is 22.9 Å². The topological polar surface area (TPSA) is 29.9 Å². The van der Waals surface area contributed by atoms with E-state index in [0.717, 1.165) is 27.5 Å². The Morgan fingerprint density at radius 2 is 2.10 bits per heavy atom. The van der Waals surface area contributed by atoms with Crippen LogP contribution in [0.15, 0.2) is 27.1 Å². The molecule has 6 heteroatoms. The summed E-state index contributed by atoms with van der Waals surface area (Å²) in [7, 11) is 4.02. The van der Waals surface area contributed by atoms with Gasteiger partial charge in [-0.2, -0.15) is 5.10 Å². The van der Waals surface area contributed by atoms with Crippen LogP contribution in [0.3, 0.4) is 0 Å². The Morgan fingerprint density at radius 3 is 2.67 bits per heavy atom. The maximum Gasteiger partial charge on any atom is 0.0766 e. The van der Waals surface area contributed by atoms with E-state index in [-0.39, 0.29) is 6.04 Å². The lowest BCUT2D eigenvalue weighted by Gasteiger charge is -2.19. The van der Waals surface area contributed by atoms with Crippen molar-refractivity contribution in [1.29, 1.82) is 0 Å². The van der Waals surface area contributed by atoms with Crippen molar-refractivity contribution in [3.63, 3.8) is 0 Å². The van der Waals surface area contributed by atoms with Crippen molar-refractivity contribution in [1.82, 2.24) is 15.1 Å². The number of halogens is 3. The molecule has 0 fully saturated rings. The molecule has 21 heavy (non-hydrogen) atoms. The van der Waals surface area contributed by atoms with Crippen molar-refractivity contribution < 1.29 is 0 Å². The number of likely N-dealkylation sites (N-methyl/N-ethyl adjacent to an activating group) is 1. The molecule has 1 aromatic carbocycles. The predicted molar refractivity (Wildman–Crippen MR) is 103 cm³/mol. The van der Waals surface area contributed by atoms with Crippen LogP contribution >= 0.6 is 54.5 Å². The van der Waals surface area contributed by atoms with Gasteiger partial charge in [0.2, 0.25) is 0 Å². The van der Waals surface area contributed by atoms with E-state index in [1.807, 2.05) is 18.8 Å². The quantitative estimate of drug-likeness (QED) is 0.576. The van der Waals surface area contributed by atoms with Gasteiger partial charge in [-0.15, -0.1) is 0 Å². The average molecular weight is 527 g/mol. The summed E-state index contributed by atoms with van der Waals surface area (Å²) in [6, 6.07) is 6.66. The summed E-state index contributed by atoms with van der Waals surface area (Å²) in [6.07, 6.45) is 1.83. The van der Waals surface area contributed by atoms with Crippen molar-refractivity contribution in [3.05, 3.63) is 47.7 Å². The molecule has 2 rings (SSSR count). The Labute approximate surface area is 156 Å². The third-order valence-corrected chi connectivity index (χ3v) is 5.97. The van der Waals surface area contributed by atoms with Crippen LogP contribution in [0.25, 0.3) is 0 Å². The van der Waals surface area contributed by atoms with E-state index in [1.165, 1.54) is 14.8 Å². The summed E-state index contributed by atoms with van der Waals surface area (Å²) in [5, 5.41) is 8.01. The Bertz CT molecular complexity index is 640. The summed E-state index contributed by atoms with van der Waals surface area (Å²) >= 11 is 9.66. The SMILES string of the molecule is CCc1nn(C)c(CC(NC)c2cc(Br)ccc2I)c1Br. The van der Waals surface area contributed by atoms with Crippen LogP contribution in [0, 0.1) is 3.57 Å². The van der Waals surface area contributed by atoms with Crippen LogP contribution in [0.5, 0.6) is 0 Å². The number of hydrogen-bond acceptors (Lipinski definition) is 2. The maximum atomic E-state index is 4.58. The van der Waals surface area contributed by atoms with Gasteiger partial charge < -0.3 is 5.32 Å². The zero-order valence-electron chi connectivity index (χ0n) is 12.3. The molecule has 1 heterocycles. The second-order valence-electron chi connectivity index (χ2n) is 4.90. The minimum atomic E-state index is 0.255. The highest BCUT2D eigenvalue weighted by Crippen LogP contribution is 2.30. The molecule has 114 valence electrons. The van der Waals surface area contributed by atoms with E-state index in [9.17, 15) is 0 Å². The molecule has 1 aromatic heterocycles. The molecular formula is C15H18Br2IN3. The molecule has 0 amide bonds. The summed E-state index contributed by atoms with van der Waals surface area (Å²) in [6.45, 7) is 2.13. The third kappa shape index (κ3) is 3.89. The Kier molecular flexibility index (Phi) is 6.28. The molecule has 0 aliphatic carbocycles. The zero-order valence-corrected chi connectivity index (χ0v) is 17.6. The molecule has 3 nitrogen and oxygen atoms in total. The number of aromatic nitrogens is 2. The van der Waals surface area contributed by atoms with Crippen molar-refractivity contribution in [3.8, 4) is 0 Å². The average Bonchev–Trinajstić information content (AvgIpc) is 2.74. The van der Waals surface area contributed by atoms with Gasteiger partial charge in [0.05, 0.1) is 15.9 Å². The molecule has 0 aliphatic rings. The molecule has 1 unspecified atom stereocenters. The summed E-state index contributed by atoms with van der Waals surface area (Å²) in [4.78, 5) is 0. The van der Waals surface area contributed by atoms with E-state index in [2.05, 4.69) is 90.0 Å². The smallest absolute Gasteiger partial charge is 0.0766 e. The van der Waals surface area contributed by atoms with Crippen molar-refractivity contribution in [2.75, 3.05) is 7.05 Å². The normalized spacial score (nSPS) is 12.7. The summed E-state index contributed by atoms with van der Waals surface area (Å²) < 4.78 is 5.50. The Morgan fingerprint density at radius 1 is 1.38 bits per heavy atom. The third-order valence-electron chi connectivity index (χ3n) is 3.58. The predicted octanol–water partition coefficient (Wildman–Crippen LogP) is 4.62. The minimum absolute atomic E-state index is 0.255. The number of nitrogens with zero attached hydrogens (tertiary/aromatic N) is 2. The highest BCUT2D eigenvalue weighted by atomic mass is 127. The highest BCUT2D eigenvalue weighted by molar-refractivity contribution is 14.1. The first-order chi connectivity index (χ1) is 9.97. The lowest BCUT2D eigenvalue weighted by Crippen LogP contribution is -2.21. The van der Waals surface area contributed by atoms with Gasteiger partial charge in [-0.25, -0.2) is 0 Å². The number of hydrogen-bond donors (Lipinski definition) is 1. The number of nitrogens with one attached hydrogen (secondary N) is 1. The minimum Gasteiger partial charge on any atom is -0.313 e. The van der Waals surface area contributed by atoms with Gasteiger partial charge in [0.25, 0.3) is 0 Å². The number of benzene rings is 1. The number of aryl methyl sites for hydroxylation is 2. The van der Waals surface area contributed by atoms with Crippen LogP contribution in [0.1, 0.15) is 29.9 Å². The van der Waals surface area contributed by atoms with E-state index in [1.54, 1.807) is 0 Å². The van der Waals surface area contributed by atoms with Gasteiger partial charge in [0.1, 0.15) is 0 Å². The molecule has 0 saturated heterocycles. The maximum absolute atomic E-state index is 4.58. The molecule has 2 aromatic rings. The van der Waals surface area contributed by atoms with E-state index in [4.69, 9.17) is 0 Å². The van der Waals surface area contributed by atoms with E-state index in [0.29, 0.717) is 0 Å². The summed E-state index contributed by atoms with van der Waals surface area (Å²) in [5.74, 6) is 0. The highest BCUT2D eigenvalue weighted by Gasteiger charge is 2.19. The second-order valence-corrected chi connectivity index (χ2v) is 7.77. The molecule has 0 saturated carbocycles. The van der Waals surface area contributed by atoms with Gasteiger partial charge in [-0.3, -0.25) is 4.68 Å². The van der Waals surface area contributed by atoms with Crippen LogP contribution in [0.4, 0.5) is 0 Å². The van der Waals surface area contributed by atoms with Crippen molar-refractivity contribution in [2.24, 2.45) is 7.05 Å². The zero-order chi connectivity index (χ0) is 15.6. The number of rotatable bonds is 5. The molecule has 0 bridgehead atoms. The standard InChI is InChI=1S/C15H18Br2IN3/c1-4-12-15(17)14(21(3)20-12)8-13(19-2)10-7-9(16)5-6-11(10)18/h5-7,13,19H,4,8H2,1-3H3. The van der Waals surface area contributed by atoms with Crippen LogP contribution < -0.4 is 5.32 Å². The monoisotopic (exact) mass is 525 g/mol. The molecule has 1 atom stereocenters. The molecule has 0 spiro atoms. The summed E-state index contributed by atoms with van der Waals surface area (Å²) in [5.41, 5.74) is 3.65. The van der Waals surface area contributed by atoms with E-state index >= 15 is 0 Å². The molecular weight excluding hydrogens is 509 g/mol. The fraction of sp³-hybridized carbons (Fsp3) is 0.400. The first-order valence-electron chi connectivity index (χ1n) is 6.80. The van der Waals surface area contributed by atoms with Gasteiger partial charge in [-0.05, 0) is 75.8 Å². The lowest BCUT2D eigenvalue weighted by molar-refractivity contribution is 0.558. The molecule has 0 aliphatic heterocycles. The van der Waals surface area contributed by atoms with Crippen molar-refractivity contribution >= 4 is 54.5 Å². The van der Waals surface area contributed by atoms with E-state index < -0.39 is 0 Å². The Hall–Kier alpha value is 0.0800. The van der Waals surface area contributed by atoms with Gasteiger partial charge in [0, 0.05) is 27.6 Å². The lowest BCUT2D eigenvalue weighted by atomic mass is 10.0. The fourth-order valence-corrected chi connectivity index (χ4v) is 4.25.